The van der Waals surface area contributed by atoms with Gasteiger partial charge in [-0.2, -0.15) is 5.26 Å². The molecule has 0 amide bonds. The number of pyridine rings is 1. The summed E-state index contributed by atoms with van der Waals surface area (Å²) in [6.07, 6.45) is 3.47. The highest BCUT2D eigenvalue weighted by molar-refractivity contribution is 6.11. The number of rotatable bonds is 4. The highest BCUT2D eigenvalue weighted by Gasteiger charge is 2.18. The van der Waals surface area contributed by atoms with Crippen LogP contribution >= 0.6 is 0 Å². The maximum Gasteiger partial charge on any atom is 0.205 e. The van der Waals surface area contributed by atoms with Gasteiger partial charge in [-0.3, -0.25) is 4.79 Å². The zero-order valence-corrected chi connectivity index (χ0v) is 13.3. The normalized spacial score (nSPS) is 15.0. The minimum Gasteiger partial charge on any atom is -0.373 e. The molecule has 2 aromatic rings. The summed E-state index contributed by atoms with van der Waals surface area (Å²) < 4.78 is 0. The Morgan fingerprint density at radius 2 is 1.75 bits per heavy atom. The van der Waals surface area contributed by atoms with E-state index in [1.54, 1.807) is 36.7 Å². The lowest BCUT2D eigenvalue weighted by Crippen LogP contribution is -2.44. The fourth-order valence-electron chi connectivity index (χ4n) is 2.69. The summed E-state index contributed by atoms with van der Waals surface area (Å²) in [5.41, 5.74) is 0.713. The maximum atomic E-state index is 12.4. The van der Waals surface area contributed by atoms with Gasteiger partial charge in [-0.1, -0.05) is 36.4 Å². The molecule has 0 unspecified atom stereocenters. The number of anilines is 1. The molecule has 1 aliphatic rings. The van der Waals surface area contributed by atoms with Gasteiger partial charge in [-0.25, -0.2) is 4.98 Å². The van der Waals surface area contributed by atoms with Crippen LogP contribution in [0.15, 0.2) is 66.5 Å². The van der Waals surface area contributed by atoms with Crippen molar-refractivity contribution in [2.75, 3.05) is 31.1 Å². The van der Waals surface area contributed by atoms with Crippen molar-refractivity contribution < 1.29 is 4.79 Å². The Hall–Kier alpha value is -3.13. The third-order valence-electron chi connectivity index (χ3n) is 4.00. The second-order valence-corrected chi connectivity index (χ2v) is 5.56. The molecular weight excluding hydrogens is 300 g/mol. The number of Topliss-reactive ketones (excluding diaryl/α,β-unsaturated/α-hetero) is 1. The Morgan fingerprint density at radius 1 is 1.04 bits per heavy atom. The maximum absolute atomic E-state index is 12.4. The van der Waals surface area contributed by atoms with Crippen LogP contribution in [0.2, 0.25) is 0 Å². The number of nitrogens with zero attached hydrogens (tertiary/aromatic N) is 4. The molecule has 0 radical (unpaired) electrons. The SMILES string of the molecule is N#CC(=CN1CCN(c2ccccn2)CC1)C(=O)c1ccccc1. The molecule has 0 saturated carbocycles. The molecule has 0 bridgehead atoms. The summed E-state index contributed by atoms with van der Waals surface area (Å²) in [6.45, 7) is 3.13. The first-order valence-corrected chi connectivity index (χ1v) is 7.89. The Labute approximate surface area is 141 Å². The Kier molecular flexibility index (Phi) is 4.87. The molecule has 1 fully saturated rings. The average molecular weight is 318 g/mol. The van der Waals surface area contributed by atoms with Crippen LogP contribution in [0.4, 0.5) is 5.82 Å². The van der Waals surface area contributed by atoms with Crippen LogP contribution in [-0.2, 0) is 0 Å². The minimum absolute atomic E-state index is 0.174. The molecule has 1 aromatic heterocycles. The van der Waals surface area contributed by atoms with Crippen LogP contribution in [0.3, 0.4) is 0 Å². The van der Waals surface area contributed by atoms with Crippen molar-refractivity contribution in [3.63, 3.8) is 0 Å². The van der Waals surface area contributed by atoms with Crippen LogP contribution in [0.25, 0.3) is 0 Å². The third kappa shape index (κ3) is 3.61. The van der Waals surface area contributed by atoms with E-state index in [0.29, 0.717) is 5.56 Å². The van der Waals surface area contributed by atoms with Gasteiger partial charge in [0.1, 0.15) is 17.5 Å². The summed E-state index contributed by atoms with van der Waals surface area (Å²) in [6, 6.07) is 16.8. The molecular formula is C19H18N4O. The smallest absolute Gasteiger partial charge is 0.205 e. The zero-order valence-electron chi connectivity index (χ0n) is 13.3. The lowest BCUT2D eigenvalue weighted by atomic mass is 10.1. The van der Waals surface area contributed by atoms with Crippen molar-refractivity contribution in [1.29, 1.82) is 5.26 Å². The van der Waals surface area contributed by atoms with E-state index in [-0.39, 0.29) is 11.4 Å². The van der Waals surface area contributed by atoms with Gasteiger partial charge in [0.05, 0.1) is 0 Å². The molecule has 0 aliphatic carbocycles. The number of hydrogen-bond donors (Lipinski definition) is 0. The quantitative estimate of drug-likeness (QED) is 0.492. The molecule has 1 saturated heterocycles. The van der Waals surface area contributed by atoms with Crippen molar-refractivity contribution in [3.05, 3.63) is 72.1 Å². The summed E-state index contributed by atoms with van der Waals surface area (Å²) in [4.78, 5) is 21.0. The summed E-state index contributed by atoms with van der Waals surface area (Å²) in [5, 5.41) is 9.33. The Morgan fingerprint density at radius 3 is 2.38 bits per heavy atom. The van der Waals surface area contributed by atoms with E-state index in [1.807, 2.05) is 35.2 Å². The summed E-state index contributed by atoms with van der Waals surface area (Å²) in [7, 11) is 0. The largest absolute Gasteiger partial charge is 0.373 e. The number of piperazine rings is 1. The summed E-state index contributed by atoms with van der Waals surface area (Å²) in [5.74, 6) is 0.729. The van der Waals surface area contributed by atoms with E-state index in [0.717, 1.165) is 32.0 Å². The molecule has 24 heavy (non-hydrogen) atoms. The first kappa shape index (κ1) is 15.8. The number of carbonyl (C=O) groups is 1. The first-order valence-electron chi connectivity index (χ1n) is 7.89. The standard InChI is InChI=1S/C19H18N4O/c20-14-17(19(24)16-6-2-1-3-7-16)15-22-10-12-23(13-11-22)18-8-4-5-9-21-18/h1-9,15H,10-13H2. The van der Waals surface area contributed by atoms with Gasteiger partial charge in [0.25, 0.3) is 0 Å². The number of aromatic nitrogens is 1. The monoisotopic (exact) mass is 318 g/mol. The average Bonchev–Trinajstić information content (AvgIpc) is 2.67. The van der Waals surface area contributed by atoms with Crippen molar-refractivity contribution in [1.82, 2.24) is 9.88 Å². The number of ketones is 1. The second-order valence-electron chi connectivity index (χ2n) is 5.56. The van der Waals surface area contributed by atoms with Crippen molar-refractivity contribution in [3.8, 4) is 6.07 Å². The highest BCUT2D eigenvalue weighted by atomic mass is 16.1. The van der Waals surface area contributed by atoms with Gasteiger partial charge in [0, 0.05) is 44.1 Å². The molecule has 120 valence electrons. The zero-order chi connectivity index (χ0) is 16.8. The third-order valence-corrected chi connectivity index (χ3v) is 4.00. The molecule has 0 N–H and O–H groups in total. The fraction of sp³-hybridized carbons (Fsp3) is 0.211. The van der Waals surface area contributed by atoms with Crippen LogP contribution in [0.5, 0.6) is 0 Å². The molecule has 3 rings (SSSR count). The van der Waals surface area contributed by atoms with Gasteiger partial charge in [0.15, 0.2) is 0 Å². The number of carbonyl (C=O) groups excluding carboxylic acids is 1. The van der Waals surface area contributed by atoms with E-state index >= 15 is 0 Å². The van der Waals surface area contributed by atoms with E-state index in [4.69, 9.17) is 0 Å². The predicted octanol–water partition coefficient (Wildman–Crippen LogP) is 2.49. The fourth-order valence-corrected chi connectivity index (χ4v) is 2.69. The van der Waals surface area contributed by atoms with Crippen LogP contribution in [-0.4, -0.2) is 41.8 Å². The number of hydrogen-bond acceptors (Lipinski definition) is 5. The lowest BCUT2D eigenvalue weighted by molar-refractivity contribution is 0.103. The van der Waals surface area contributed by atoms with E-state index in [2.05, 4.69) is 9.88 Å². The number of allylic oxidation sites excluding steroid dienone is 1. The lowest BCUT2D eigenvalue weighted by Gasteiger charge is -2.34. The van der Waals surface area contributed by atoms with Gasteiger partial charge in [-0.15, -0.1) is 0 Å². The van der Waals surface area contributed by atoms with E-state index in [9.17, 15) is 10.1 Å². The molecule has 5 heteroatoms. The van der Waals surface area contributed by atoms with Crippen molar-refractivity contribution in [2.24, 2.45) is 0 Å². The van der Waals surface area contributed by atoms with Crippen molar-refractivity contribution in [2.45, 2.75) is 0 Å². The number of benzene rings is 1. The minimum atomic E-state index is -0.231. The van der Waals surface area contributed by atoms with E-state index < -0.39 is 0 Å². The van der Waals surface area contributed by atoms with Crippen LogP contribution in [0, 0.1) is 11.3 Å². The molecule has 1 aliphatic heterocycles. The van der Waals surface area contributed by atoms with Gasteiger partial charge >= 0.3 is 0 Å². The predicted molar refractivity (Wildman–Crippen MR) is 92.5 cm³/mol. The van der Waals surface area contributed by atoms with Gasteiger partial charge < -0.3 is 9.80 Å². The van der Waals surface area contributed by atoms with Gasteiger partial charge in [-0.05, 0) is 12.1 Å². The van der Waals surface area contributed by atoms with Crippen LogP contribution < -0.4 is 4.90 Å². The molecule has 5 nitrogen and oxygen atoms in total. The first-order chi connectivity index (χ1) is 11.8. The molecule has 2 heterocycles. The Bertz CT molecular complexity index is 757. The van der Waals surface area contributed by atoms with Crippen molar-refractivity contribution >= 4 is 11.6 Å². The topological polar surface area (TPSA) is 60.2 Å². The van der Waals surface area contributed by atoms with E-state index in [1.165, 1.54) is 0 Å². The number of nitriles is 1. The molecule has 1 aromatic carbocycles. The van der Waals surface area contributed by atoms with Gasteiger partial charge in [0.2, 0.25) is 5.78 Å². The van der Waals surface area contributed by atoms with Crippen LogP contribution in [0.1, 0.15) is 10.4 Å². The second kappa shape index (κ2) is 7.42. The Balaban J connectivity index is 1.66. The molecule has 0 atom stereocenters. The molecule has 0 spiro atoms. The summed E-state index contributed by atoms with van der Waals surface area (Å²) >= 11 is 0. The highest BCUT2D eigenvalue weighted by Crippen LogP contribution is 2.14.